The molecule has 0 saturated carbocycles. The van der Waals surface area contributed by atoms with Gasteiger partial charge in [-0.3, -0.25) is 0 Å². The van der Waals surface area contributed by atoms with Crippen molar-refractivity contribution in [1.82, 2.24) is 10.2 Å². The van der Waals surface area contributed by atoms with Gasteiger partial charge in [-0.15, -0.1) is 12.4 Å². The van der Waals surface area contributed by atoms with Crippen LogP contribution in [0.15, 0.2) is 0 Å². The summed E-state index contributed by atoms with van der Waals surface area (Å²) in [6.45, 7) is 12.3. The number of hydrogen-bond acceptors (Lipinski definition) is 3. The summed E-state index contributed by atoms with van der Waals surface area (Å²) in [5.74, 6) is 0.533. The van der Waals surface area contributed by atoms with Gasteiger partial charge >= 0.3 is 6.09 Å². The van der Waals surface area contributed by atoms with E-state index in [1.165, 1.54) is 0 Å². The van der Waals surface area contributed by atoms with Crippen LogP contribution in [-0.4, -0.2) is 42.3 Å². The number of nitrogens with zero attached hydrogens (tertiary/aromatic N) is 1. The molecule has 102 valence electrons. The average Bonchev–Trinajstić information content (AvgIpc) is 2.15. The van der Waals surface area contributed by atoms with E-state index in [1.54, 1.807) is 4.90 Å². The van der Waals surface area contributed by atoms with Crippen LogP contribution in [0.3, 0.4) is 0 Å². The van der Waals surface area contributed by atoms with Crippen LogP contribution in [0.1, 0.15) is 34.6 Å². The lowest BCUT2D eigenvalue weighted by atomic mass is 10.0. The molecular formula is C12H25ClN2O2. The molecule has 4 nitrogen and oxygen atoms in total. The molecular weight excluding hydrogens is 240 g/mol. The van der Waals surface area contributed by atoms with Gasteiger partial charge in [-0.2, -0.15) is 0 Å². The van der Waals surface area contributed by atoms with Gasteiger partial charge in [0.05, 0.1) is 0 Å². The van der Waals surface area contributed by atoms with Crippen molar-refractivity contribution in [2.24, 2.45) is 5.92 Å². The molecule has 0 aromatic carbocycles. The second-order valence-corrected chi connectivity index (χ2v) is 5.73. The van der Waals surface area contributed by atoms with Crippen molar-refractivity contribution in [3.05, 3.63) is 0 Å². The third kappa shape index (κ3) is 5.59. The third-order valence-corrected chi connectivity index (χ3v) is 2.66. The zero-order valence-corrected chi connectivity index (χ0v) is 12.3. The third-order valence-electron chi connectivity index (χ3n) is 2.66. The first-order chi connectivity index (χ1) is 7.29. The number of amides is 1. The lowest BCUT2D eigenvalue weighted by Gasteiger charge is -2.36. The topological polar surface area (TPSA) is 41.6 Å². The molecule has 5 heteroatoms. The van der Waals surface area contributed by atoms with Crippen LogP contribution in [0.2, 0.25) is 0 Å². The predicted octanol–water partition coefficient (Wildman–Crippen LogP) is 2.27. The fourth-order valence-corrected chi connectivity index (χ4v) is 1.72. The summed E-state index contributed by atoms with van der Waals surface area (Å²) >= 11 is 0. The van der Waals surface area contributed by atoms with Crippen molar-refractivity contribution in [2.45, 2.75) is 46.3 Å². The maximum absolute atomic E-state index is 11.9. The molecule has 0 aliphatic carbocycles. The van der Waals surface area contributed by atoms with E-state index in [4.69, 9.17) is 4.74 Å². The quantitative estimate of drug-likeness (QED) is 0.790. The molecule has 1 heterocycles. The summed E-state index contributed by atoms with van der Waals surface area (Å²) in [7, 11) is 0. The molecule has 1 aliphatic heterocycles. The fourth-order valence-electron chi connectivity index (χ4n) is 1.72. The highest BCUT2D eigenvalue weighted by Crippen LogP contribution is 2.13. The number of carbonyl (C=O) groups excluding carboxylic acids is 1. The maximum Gasteiger partial charge on any atom is 0.410 e. The van der Waals surface area contributed by atoms with Crippen molar-refractivity contribution in [3.8, 4) is 0 Å². The van der Waals surface area contributed by atoms with Crippen molar-refractivity contribution >= 4 is 18.5 Å². The molecule has 0 spiro atoms. The maximum atomic E-state index is 11.9. The molecule has 1 saturated heterocycles. The number of nitrogens with one attached hydrogen (secondary N) is 1. The second kappa shape index (κ2) is 6.45. The molecule has 0 radical (unpaired) electrons. The van der Waals surface area contributed by atoms with E-state index < -0.39 is 5.60 Å². The van der Waals surface area contributed by atoms with Crippen molar-refractivity contribution < 1.29 is 9.53 Å². The normalized spacial score (nSPS) is 21.1. The first kappa shape index (κ1) is 16.5. The Kier molecular flexibility index (Phi) is 6.27. The standard InChI is InChI=1S/C12H24N2O2.ClH/c1-9(2)10-8-14(7-6-13-10)11(15)16-12(3,4)5;/h9-10,13H,6-8H2,1-5H3;1H. The van der Waals surface area contributed by atoms with Crippen LogP contribution in [0.25, 0.3) is 0 Å². The lowest BCUT2D eigenvalue weighted by molar-refractivity contribution is 0.0179. The molecule has 0 aromatic heterocycles. The van der Waals surface area contributed by atoms with Gasteiger partial charge in [0, 0.05) is 25.7 Å². The molecule has 1 rings (SSSR count). The van der Waals surface area contributed by atoms with E-state index in [0.29, 0.717) is 12.0 Å². The summed E-state index contributed by atoms with van der Waals surface area (Å²) in [5, 5.41) is 3.42. The summed E-state index contributed by atoms with van der Waals surface area (Å²) in [6.07, 6.45) is -0.195. The first-order valence-corrected chi connectivity index (χ1v) is 6.01. The largest absolute Gasteiger partial charge is 0.444 e. The Morgan fingerprint density at radius 1 is 1.41 bits per heavy atom. The molecule has 1 aliphatic rings. The van der Waals surface area contributed by atoms with E-state index >= 15 is 0 Å². The van der Waals surface area contributed by atoms with E-state index in [-0.39, 0.29) is 18.5 Å². The van der Waals surface area contributed by atoms with E-state index in [1.807, 2.05) is 20.8 Å². The van der Waals surface area contributed by atoms with Crippen LogP contribution in [-0.2, 0) is 4.74 Å². The minimum Gasteiger partial charge on any atom is -0.444 e. The minimum atomic E-state index is -0.407. The van der Waals surface area contributed by atoms with E-state index in [9.17, 15) is 4.79 Å². The van der Waals surface area contributed by atoms with Gasteiger partial charge in [0.25, 0.3) is 0 Å². The smallest absolute Gasteiger partial charge is 0.410 e. The predicted molar refractivity (Wildman–Crippen MR) is 71.7 cm³/mol. The van der Waals surface area contributed by atoms with E-state index in [0.717, 1.165) is 19.6 Å². The summed E-state index contributed by atoms with van der Waals surface area (Å²) in [4.78, 5) is 13.7. The molecule has 0 aromatic rings. The SMILES string of the molecule is CC(C)C1CN(C(=O)OC(C)(C)C)CCN1.Cl. The van der Waals surface area contributed by atoms with Crippen LogP contribution in [0, 0.1) is 5.92 Å². The van der Waals surface area contributed by atoms with Gasteiger partial charge in [0.2, 0.25) is 0 Å². The van der Waals surface area contributed by atoms with Crippen molar-refractivity contribution in [3.63, 3.8) is 0 Å². The molecule has 17 heavy (non-hydrogen) atoms. The summed E-state index contributed by atoms with van der Waals surface area (Å²) < 4.78 is 5.36. The zero-order chi connectivity index (χ0) is 12.3. The molecule has 1 atom stereocenters. The Morgan fingerprint density at radius 2 is 2.00 bits per heavy atom. The van der Waals surface area contributed by atoms with Gasteiger partial charge in [-0.1, -0.05) is 13.8 Å². The van der Waals surface area contributed by atoms with Crippen LogP contribution in [0.4, 0.5) is 4.79 Å². The number of piperazine rings is 1. The monoisotopic (exact) mass is 264 g/mol. The Balaban J connectivity index is 0.00000256. The van der Waals surface area contributed by atoms with Crippen LogP contribution >= 0.6 is 12.4 Å². The van der Waals surface area contributed by atoms with Gasteiger partial charge in [-0.05, 0) is 26.7 Å². The fraction of sp³-hybridized carbons (Fsp3) is 0.917. The van der Waals surface area contributed by atoms with Crippen LogP contribution in [0.5, 0.6) is 0 Å². The summed E-state index contributed by atoms with van der Waals surface area (Å²) in [5.41, 5.74) is -0.407. The Labute approximate surface area is 110 Å². The minimum absolute atomic E-state index is 0. The Hall–Kier alpha value is -0.480. The van der Waals surface area contributed by atoms with Crippen molar-refractivity contribution in [1.29, 1.82) is 0 Å². The summed E-state index contributed by atoms with van der Waals surface area (Å²) in [6, 6.07) is 0.376. The lowest BCUT2D eigenvalue weighted by Crippen LogP contribution is -2.55. The number of halogens is 1. The van der Waals surface area contributed by atoms with Gasteiger partial charge in [0.1, 0.15) is 5.60 Å². The number of ether oxygens (including phenoxy) is 1. The van der Waals surface area contributed by atoms with Gasteiger partial charge in [-0.25, -0.2) is 4.79 Å². The molecule has 1 amide bonds. The molecule has 0 bridgehead atoms. The van der Waals surface area contributed by atoms with E-state index in [2.05, 4.69) is 19.2 Å². The Morgan fingerprint density at radius 3 is 2.47 bits per heavy atom. The second-order valence-electron chi connectivity index (χ2n) is 5.73. The molecule has 1 unspecified atom stereocenters. The molecule has 1 N–H and O–H groups in total. The van der Waals surface area contributed by atoms with Gasteiger partial charge in [0.15, 0.2) is 0 Å². The number of carbonyl (C=O) groups is 1. The highest BCUT2D eigenvalue weighted by atomic mass is 35.5. The zero-order valence-electron chi connectivity index (χ0n) is 11.4. The average molecular weight is 265 g/mol. The number of hydrogen-bond donors (Lipinski definition) is 1. The highest BCUT2D eigenvalue weighted by molar-refractivity contribution is 5.85. The van der Waals surface area contributed by atoms with Crippen molar-refractivity contribution in [2.75, 3.05) is 19.6 Å². The number of rotatable bonds is 1. The first-order valence-electron chi connectivity index (χ1n) is 6.01. The molecule has 1 fully saturated rings. The highest BCUT2D eigenvalue weighted by Gasteiger charge is 2.28. The Bertz CT molecular complexity index is 251. The van der Waals surface area contributed by atoms with Gasteiger partial charge < -0.3 is 15.0 Å². The van der Waals surface area contributed by atoms with Crippen LogP contribution < -0.4 is 5.32 Å².